The zero-order valence-corrected chi connectivity index (χ0v) is 10.7. The third kappa shape index (κ3) is 3.98. The predicted octanol–water partition coefficient (Wildman–Crippen LogP) is 2.36. The van der Waals surface area contributed by atoms with E-state index in [0.29, 0.717) is 17.1 Å². The lowest BCUT2D eigenvalue weighted by atomic mass is 10.1. The number of ether oxygens (including phenoxy) is 2. The van der Waals surface area contributed by atoms with Gasteiger partial charge in [0.1, 0.15) is 11.5 Å². The van der Waals surface area contributed by atoms with Gasteiger partial charge in [-0.15, -0.1) is 0 Å². The van der Waals surface area contributed by atoms with Crippen LogP contribution in [0.2, 0.25) is 0 Å². The Morgan fingerprint density at radius 1 is 1.12 bits per heavy atom. The third-order valence-corrected chi connectivity index (χ3v) is 1.95. The maximum absolute atomic E-state index is 11.3. The van der Waals surface area contributed by atoms with Gasteiger partial charge in [-0.1, -0.05) is 0 Å². The van der Waals surface area contributed by atoms with Crippen molar-refractivity contribution in [2.24, 2.45) is 5.73 Å². The Morgan fingerprint density at radius 3 is 2.18 bits per heavy atom. The van der Waals surface area contributed by atoms with Gasteiger partial charge < -0.3 is 15.2 Å². The second kappa shape index (κ2) is 5.57. The van der Waals surface area contributed by atoms with Crippen LogP contribution in [-0.2, 0) is 0 Å². The molecule has 0 saturated carbocycles. The van der Waals surface area contributed by atoms with E-state index in [1.807, 2.05) is 27.7 Å². The highest BCUT2D eigenvalue weighted by molar-refractivity contribution is 5.96. The fourth-order valence-electron chi connectivity index (χ4n) is 1.40. The molecular weight excluding hydrogens is 218 g/mol. The Hall–Kier alpha value is -1.71. The summed E-state index contributed by atoms with van der Waals surface area (Å²) in [7, 11) is 0. The number of amides is 1. The molecule has 17 heavy (non-hydrogen) atoms. The molecule has 0 spiro atoms. The van der Waals surface area contributed by atoms with E-state index in [4.69, 9.17) is 15.2 Å². The van der Waals surface area contributed by atoms with Crippen molar-refractivity contribution in [3.8, 4) is 11.5 Å². The Bertz CT molecular complexity index is 400. The van der Waals surface area contributed by atoms with Crippen molar-refractivity contribution in [1.29, 1.82) is 0 Å². The molecular formula is C13H19NO3. The first-order chi connectivity index (χ1) is 7.90. The van der Waals surface area contributed by atoms with Crippen LogP contribution in [-0.4, -0.2) is 18.1 Å². The molecule has 0 saturated heterocycles. The third-order valence-electron chi connectivity index (χ3n) is 1.95. The second-order valence-corrected chi connectivity index (χ2v) is 4.36. The van der Waals surface area contributed by atoms with Gasteiger partial charge in [0.2, 0.25) is 0 Å². The van der Waals surface area contributed by atoms with Gasteiger partial charge in [0.25, 0.3) is 5.91 Å². The minimum atomic E-state index is -0.519. The monoisotopic (exact) mass is 237 g/mol. The first-order valence-corrected chi connectivity index (χ1v) is 5.67. The highest BCUT2D eigenvalue weighted by Crippen LogP contribution is 2.25. The number of rotatable bonds is 5. The zero-order chi connectivity index (χ0) is 13.0. The summed E-state index contributed by atoms with van der Waals surface area (Å²) in [5.74, 6) is 0.586. The van der Waals surface area contributed by atoms with Crippen LogP contribution < -0.4 is 15.2 Å². The van der Waals surface area contributed by atoms with Crippen LogP contribution in [0.15, 0.2) is 18.2 Å². The summed E-state index contributed by atoms with van der Waals surface area (Å²) in [6.07, 6.45) is 0.0394. The summed E-state index contributed by atoms with van der Waals surface area (Å²) in [5.41, 5.74) is 5.66. The van der Waals surface area contributed by atoms with Crippen molar-refractivity contribution in [1.82, 2.24) is 0 Å². The lowest BCUT2D eigenvalue weighted by Crippen LogP contribution is -2.16. The minimum Gasteiger partial charge on any atom is -0.491 e. The van der Waals surface area contributed by atoms with Crippen molar-refractivity contribution < 1.29 is 14.3 Å². The van der Waals surface area contributed by atoms with E-state index in [1.165, 1.54) is 0 Å². The van der Waals surface area contributed by atoms with E-state index in [2.05, 4.69) is 0 Å². The predicted molar refractivity (Wildman–Crippen MR) is 66.5 cm³/mol. The molecule has 4 heteroatoms. The molecule has 0 bridgehead atoms. The minimum absolute atomic E-state index is 0.00929. The van der Waals surface area contributed by atoms with E-state index < -0.39 is 5.91 Å². The number of carbonyl (C=O) groups is 1. The van der Waals surface area contributed by atoms with Crippen LogP contribution in [0.1, 0.15) is 38.1 Å². The van der Waals surface area contributed by atoms with Gasteiger partial charge in [0.05, 0.1) is 17.8 Å². The molecule has 0 unspecified atom stereocenters. The first-order valence-electron chi connectivity index (χ1n) is 5.67. The van der Waals surface area contributed by atoms with Gasteiger partial charge in [-0.3, -0.25) is 4.79 Å². The Balaban J connectivity index is 3.04. The van der Waals surface area contributed by atoms with Crippen LogP contribution in [0, 0.1) is 0 Å². The number of nitrogens with two attached hydrogens (primary N) is 1. The molecule has 1 aromatic rings. The normalized spacial score (nSPS) is 10.7. The molecule has 4 nitrogen and oxygen atoms in total. The summed E-state index contributed by atoms with van der Waals surface area (Å²) in [5, 5.41) is 0. The Kier molecular flexibility index (Phi) is 4.37. The molecule has 0 aliphatic rings. The summed E-state index contributed by atoms with van der Waals surface area (Å²) < 4.78 is 11.0. The molecule has 0 atom stereocenters. The summed E-state index contributed by atoms with van der Waals surface area (Å²) in [4.78, 5) is 11.3. The number of hydrogen-bond acceptors (Lipinski definition) is 3. The maximum Gasteiger partial charge on any atom is 0.252 e. The van der Waals surface area contributed by atoms with Crippen molar-refractivity contribution in [2.75, 3.05) is 0 Å². The largest absolute Gasteiger partial charge is 0.491 e. The lowest BCUT2D eigenvalue weighted by molar-refractivity contribution is 0.0993. The standard InChI is InChI=1S/C13H19NO3/c1-8(2)16-10-5-6-12(17-9(3)4)11(7-10)13(14)15/h5-9H,1-4H3,(H2,14,15). The van der Waals surface area contributed by atoms with Crippen molar-refractivity contribution in [2.45, 2.75) is 39.9 Å². The Morgan fingerprint density at radius 2 is 1.71 bits per heavy atom. The Labute approximate surface area is 102 Å². The van der Waals surface area contributed by atoms with Gasteiger partial charge >= 0.3 is 0 Å². The number of benzene rings is 1. The van der Waals surface area contributed by atoms with Gasteiger partial charge in [-0.25, -0.2) is 0 Å². The number of primary amides is 1. The van der Waals surface area contributed by atoms with Gasteiger partial charge in [0, 0.05) is 0 Å². The van der Waals surface area contributed by atoms with Crippen molar-refractivity contribution >= 4 is 5.91 Å². The molecule has 0 aromatic heterocycles. The summed E-state index contributed by atoms with van der Waals surface area (Å²) in [6.45, 7) is 7.62. The van der Waals surface area contributed by atoms with E-state index in [0.717, 1.165) is 0 Å². The SMILES string of the molecule is CC(C)Oc1ccc(OC(C)C)c(C(N)=O)c1. The van der Waals surface area contributed by atoms with Crippen LogP contribution >= 0.6 is 0 Å². The van der Waals surface area contributed by atoms with Gasteiger partial charge in [-0.2, -0.15) is 0 Å². The highest BCUT2D eigenvalue weighted by Gasteiger charge is 2.12. The summed E-state index contributed by atoms with van der Waals surface area (Å²) in [6, 6.07) is 5.09. The maximum atomic E-state index is 11.3. The average Bonchev–Trinajstić information content (AvgIpc) is 2.18. The van der Waals surface area contributed by atoms with E-state index >= 15 is 0 Å². The molecule has 0 aliphatic heterocycles. The van der Waals surface area contributed by atoms with Crippen molar-refractivity contribution in [3.05, 3.63) is 23.8 Å². The molecule has 1 rings (SSSR count). The first kappa shape index (κ1) is 13.4. The molecule has 0 fully saturated rings. The van der Waals surface area contributed by atoms with Crippen LogP contribution in [0.3, 0.4) is 0 Å². The molecule has 0 radical (unpaired) electrons. The smallest absolute Gasteiger partial charge is 0.252 e. The molecule has 1 aromatic carbocycles. The second-order valence-electron chi connectivity index (χ2n) is 4.36. The van der Waals surface area contributed by atoms with Crippen LogP contribution in [0.5, 0.6) is 11.5 Å². The number of hydrogen-bond donors (Lipinski definition) is 1. The molecule has 94 valence electrons. The topological polar surface area (TPSA) is 61.6 Å². The fourth-order valence-corrected chi connectivity index (χ4v) is 1.40. The van der Waals surface area contributed by atoms with E-state index in [-0.39, 0.29) is 12.2 Å². The molecule has 0 aliphatic carbocycles. The van der Waals surface area contributed by atoms with Gasteiger partial charge in [0.15, 0.2) is 0 Å². The van der Waals surface area contributed by atoms with Gasteiger partial charge in [-0.05, 0) is 45.9 Å². The quantitative estimate of drug-likeness (QED) is 0.855. The van der Waals surface area contributed by atoms with Crippen LogP contribution in [0.25, 0.3) is 0 Å². The highest BCUT2D eigenvalue weighted by atomic mass is 16.5. The fraction of sp³-hybridized carbons (Fsp3) is 0.462. The van der Waals surface area contributed by atoms with Crippen molar-refractivity contribution in [3.63, 3.8) is 0 Å². The van der Waals surface area contributed by atoms with Crippen LogP contribution in [0.4, 0.5) is 0 Å². The average molecular weight is 237 g/mol. The van der Waals surface area contributed by atoms with E-state index in [9.17, 15) is 4.79 Å². The zero-order valence-electron chi connectivity index (χ0n) is 10.7. The van der Waals surface area contributed by atoms with E-state index in [1.54, 1.807) is 18.2 Å². The molecule has 1 amide bonds. The summed E-state index contributed by atoms with van der Waals surface area (Å²) >= 11 is 0. The lowest BCUT2D eigenvalue weighted by Gasteiger charge is -2.15. The molecule has 0 heterocycles. The molecule has 2 N–H and O–H groups in total. The number of carbonyl (C=O) groups excluding carboxylic acids is 1.